The third-order valence-electron chi connectivity index (χ3n) is 6.64. The van der Waals surface area contributed by atoms with Gasteiger partial charge in [-0.1, -0.05) is 54.6 Å². The maximum absolute atomic E-state index is 13.2. The van der Waals surface area contributed by atoms with Crippen molar-refractivity contribution in [1.82, 2.24) is 4.98 Å². The van der Waals surface area contributed by atoms with Gasteiger partial charge in [0.1, 0.15) is 23.1 Å². The molecule has 1 aromatic heterocycles. The van der Waals surface area contributed by atoms with E-state index in [0.29, 0.717) is 29.7 Å². The molecule has 5 rings (SSSR count). The van der Waals surface area contributed by atoms with E-state index in [1.807, 2.05) is 36.4 Å². The number of rotatable bonds is 4. The smallest absolute Gasteiger partial charge is 0.263 e. The van der Waals surface area contributed by atoms with E-state index in [2.05, 4.69) is 4.98 Å². The second kappa shape index (κ2) is 7.28. The molecule has 3 atom stereocenters. The number of methoxy groups -OCH3 is 1. The number of aromatic nitrogens is 1. The molecule has 3 unspecified atom stereocenters. The summed E-state index contributed by atoms with van der Waals surface area (Å²) < 4.78 is 38.4. The van der Waals surface area contributed by atoms with E-state index in [-0.39, 0.29) is 23.1 Å². The van der Waals surface area contributed by atoms with Gasteiger partial charge in [-0.25, -0.2) is 13.8 Å². The first-order valence-corrected chi connectivity index (χ1v) is 10.3. The van der Waals surface area contributed by atoms with E-state index in [9.17, 15) is 19.1 Å². The molecule has 1 saturated carbocycles. The number of hydrogen-bond donors (Lipinski definition) is 1. The van der Waals surface area contributed by atoms with Crippen LogP contribution in [0.3, 0.4) is 0 Å². The summed E-state index contributed by atoms with van der Waals surface area (Å²) in [5.41, 5.74) is -0.903. The van der Waals surface area contributed by atoms with Crippen molar-refractivity contribution in [2.24, 2.45) is 0 Å². The zero-order valence-corrected chi connectivity index (χ0v) is 17.3. The van der Waals surface area contributed by atoms with Crippen LogP contribution in [0.25, 0.3) is 0 Å². The van der Waals surface area contributed by atoms with Gasteiger partial charge in [-0.15, -0.1) is 0 Å². The van der Waals surface area contributed by atoms with Gasteiger partial charge in [0.2, 0.25) is 5.88 Å². The van der Waals surface area contributed by atoms with Crippen LogP contribution in [-0.4, -0.2) is 17.2 Å². The number of nitriles is 1. The molecule has 1 fully saturated rings. The molecule has 7 heteroatoms. The molecule has 5 nitrogen and oxygen atoms in total. The largest absolute Gasteiger partial charge is 0.481 e. The maximum Gasteiger partial charge on any atom is 0.263 e. The first-order chi connectivity index (χ1) is 15.4. The maximum atomic E-state index is 13.2. The second-order valence-corrected chi connectivity index (χ2v) is 8.12. The SMILES string of the molecule is COc1nc(C#N)cc2c1C1(O)CCC(c3ccccc3)C1(c1ccc(C(F)F)cc1)O2. The van der Waals surface area contributed by atoms with Gasteiger partial charge in [0.15, 0.2) is 5.60 Å². The van der Waals surface area contributed by atoms with E-state index in [0.717, 1.165) is 5.56 Å². The lowest BCUT2D eigenvalue weighted by molar-refractivity contribution is -0.106. The molecule has 0 saturated heterocycles. The highest BCUT2D eigenvalue weighted by Gasteiger charge is 2.69. The number of pyridine rings is 1. The van der Waals surface area contributed by atoms with Crippen LogP contribution in [0.15, 0.2) is 60.7 Å². The number of benzene rings is 2. The lowest BCUT2D eigenvalue weighted by Crippen LogP contribution is -2.48. The van der Waals surface area contributed by atoms with Crippen molar-refractivity contribution in [3.05, 3.63) is 88.6 Å². The molecule has 32 heavy (non-hydrogen) atoms. The average molecular weight is 434 g/mol. The zero-order chi connectivity index (χ0) is 22.5. The minimum absolute atomic E-state index is 0.101. The lowest BCUT2D eigenvalue weighted by atomic mass is 9.71. The normalized spacial score (nSPS) is 25.7. The summed E-state index contributed by atoms with van der Waals surface area (Å²) in [4.78, 5) is 4.22. The number of fused-ring (bicyclic) bond motifs is 3. The molecule has 2 aliphatic rings. The molecule has 1 N–H and O–H groups in total. The summed E-state index contributed by atoms with van der Waals surface area (Å²) in [6.07, 6.45) is -1.65. The molecule has 0 radical (unpaired) electrons. The van der Waals surface area contributed by atoms with Crippen molar-refractivity contribution in [1.29, 1.82) is 5.26 Å². The van der Waals surface area contributed by atoms with Crippen LogP contribution in [-0.2, 0) is 11.2 Å². The van der Waals surface area contributed by atoms with Gasteiger partial charge in [-0.05, 0) is 24.0 Å². The van der Waals surface area contributed by atoms with Crippen molar-refractivity contribution in [3.63, 3.8) is 0 Å². The van der Waals surface area contributed by atoms with Crippen molar-refractivity contribution in [2.75, 3.05) is 7.11 Å². The molecular formula is C25H20F2N2O3. The first kappa shape index (κ1) is 20.4. The van der Waals surface area contributed by atoms with Crippen molar-refractivity contribution in [2.45, 2.75) is 36.4 Å². The summed E-state index contributed by atoms with van der Waals surface area (Å²) in [5.74, 6) is 0.171. The minimum atomic E-state index is -2.60. The Bertz CT molecular complexity index is 1210. The van der Waals surface area contributed by atoms with Crippen LogP contribution in [0.2, 0.25) is 0 Å². The molecule has 0 bridgehead atoms. The highest BCUT2D eigenvalue weighted by molar-refractivity contribution is 5.58. The molecule has 0 spiro atoms. The molecular weight excluding hydrogens is 414 g/mol. The van der Waals surface area contributed by atoms with Crippen LogP contribution in [0.5, 0.6) is 11.6 Å². The predicted octanol–water partition coefficient (Wildman–Crippen LogP) is 4.95. The van der Waals surface area contributed by atoms with Gasteiger partial charge in [0.05, 0.1) is 12.7 Å². The van der Waals surface area contributed by atoms with Gasteiger partial charge in [-0.3, -0.25) is 0 Å². The molecule has 1 aliphatic heterocycles. The minimum Gasteiger partial charge on any atom is -0.481 e. The summed E-state index contributed by atoms with van der Waals surface area (Å²) in [5, 5.41) is 21.6. The van der Waals surface area contributed by atoms with E-state index in [1.54, 1.807) is 12.1 Å². The standard InChI is InChI=1S/C25H20F2N2O3/c1-31-23-21-20(13-18(14-28)29-23)32-25(17-9-7-16(8-10-17)22(26)27)19(11-12-24(21,25)30)15-5-3-2-4-6-15/h2-10,13,19,22,30H,11-12H2,1H3. The number of aliphatic hydroxyl groups is 1. The quantitative estimate of drug-likeness (QED) is 0.629. The fourth-order valence-corrected chi connectivity index (χ4v) is 5.30. The Hall–Kier alpha value is -3.50. The van der Waals surface area contributed by atoms with E-state index in [1.165, 1.54) is 25.3 Å². The molecule has 162 valence electrons. The first-order valence-electron chi connectivity index (χ1n) is 10.3. The Morgan fingerprint density at radius 3 is 2.53 bits per heavy atom. The van der Waals surface area contributed by atoms with Crippen molar-refractivity contribution in [3.8, 4) is 17.7 Å². The number of hydrogen-bond acceptors (Lipinski definition) is 5. The predicted molar refractivity (Wildman–Crippen MR) is 112 cm³/mol. The summed E-state index contributed by atoms with van der Waals surface area (Å²) in [6, 6.07) is 19.0. The Labute approximate surface area is 183 Å². The van der Waals surface area contributed by atoms with Gasteiger partial charge >= 0.3 is 0 Å². The van der Waals surface area contributed by atoms with Crippen LogP contribution in [0.4, 0.5) is 8.78 Å². The van der Waals surface area contributed by atoms with Crippen LogP contribution in [0, 0.1) is 11.3 Å². The summed E-state index contributed by atoms with van der Waals surface area (Å²) in [7, 11) is 1.42. The van der Waals surface area contributed by atoms with Crippen LogP contribution >= 0.6 is 0 Å². The number of ether oxygens (including phenoxy) is 2. The highest BCUT2D eigenvalue weighted by atomic mass is 19.3. The number of nitrogens with zero attached hydrogens (tertiary/aromatic N) is 2. The van der Waals surface area contributed by atoms with Gasteiger partial charge < -0.3 is 14.6 Å². The van der Waals surface area contributed by atoms with Gasteiger partial charge in [-0.2, -0.15) is 5.26 Å². The van der Waals surface area contributed by atoms with Gasteiger partial charge in [0, 0.05) is 17.5 Å². The Balaban J connectivity index is 1.77. The monoisotopic (exact) mass is 434 g/mol. The summed E-state index contributed by atoms with van der Waals surface area (Å²) >= 11 is 0. The highest BCUT2D eigenvalue weighted by Crippen LogP contribution is 2.67. The van der Waals surface area contributed by atoms with E-state index >= 15 is 0 Å². The van der Waals surface area contributed by atoms with Crippen LogP contribution in [0.1, 0.15) is 53.1 Å². The molecule has 3 aromatic rings. The lowest BCUT2D eigenvalue weighted by Gasteiger charge is -2.40. The Morgan fingerprint density at radius 2 is 1.91 bits per heavy atom. The van der Waals surface area contributed by atoms with E-state index in [4.69, 9.17) is 9.47 Å². The van der Waals surface area contributed by atoms with Crippen molar-refractivity contribution >= 4 is 0 Å². The number of alkyl halides is 2. The Kier molecular flexibility index (Phi) is 4.64. The van der Waals surface area contributed by atoms with Crippen molar-refractivity contribution < 1.29 is 23.4 Å². The van der Waals surface area contributed by atoms with Crippen LogP contribution < -0.4 is 9.47 Å². The fourth-order valence-electron chi connectivity index (χ4n) is 5.30. The molecule has 1 aliphatic carbocycles. The number of halogens is 2. The van der Waals surface area contributed by atoms with E-state index < -0.39 is 17.6 Å². The Morgan fingerprint density at radius 1 is 1.19 bits per heavy atom. The fraction of sp³-hybridized carbons (Fsp3) is 0.280. The second-order valence-electron chi connectivity index (χ2n) is 8.12. The van der Waals surface area contributed by atoms with Gasteiger partial charge in [0.25, 0.3) is 6.43 Å². The third kappa shape index (κ3) is 2.66. The third-order valence-corrected chi connectivity index (χ3v) is 6.64. The molecule has 0 amide bonds. The zero-order valence-electron chi connectivity index (χ0n) is 17.3. The topological polar surface area (TPSA) is 75.4 Å². The molecule has 2 aromatic carbocycles. The average Bonchev–Trinajstić information content (AvgIpc) is 3.26. The molecule has 2 heterocycles. The summed E-state index contributed by atoms with van der Waals surface area (Å²) in [6.45, 7) is 0.